The van der Waals surface area contributed by atoms with Crippen molar-refractivity contribution >= 4 is 11.9 Å². The molecule has 5 nitrogen and oxygen atoms in total. The first kappa shape index (κ1) is 19.6. The van der Waals surface area contributed by atoms with Crippen LogP contribution >= 0.6 is 0 Å². The second-order valence-electron chi connectivity index (χ2n) is 6.33. The fraction of sp³-hybridized carbons (Fsp3) is 0.750. The fourth-order valence-electron chi connectivity index (χ4n) is 2.06. The summed E-state index contributed by atoms with van der Waals surface area (Å²) in [5.74, 6) is -1.51. The second kappa shape index (κ2) is 10.4. The molecule has 5 heteroatoms. The van der Waals surface area contributed by atoms with Gasteiger partial charge in [0.15, 0.2) is 6.10 Å². The molecule has 0 amide bonds. The number of hydrogen-bond acceptors (Lipinski definition) is 4. The van der Waals surface area contributed by atoms with Crippen LogP contribution in [0.3, 0.4) is 0 Å². The number of nitrogens with zero attached hydrogens (tertiary/aromatic N) is 1. The first-order chi connectivity index (χ1) is 9.74. The van der Waals surface area contributed by atoms with E-state index < -0.39 is 12.1 Å². The van der Waals surface area contributed by atoms with Crippen LogP contribution in [0.5, 0.6) is 0 Å². The molecule has 0 heterocycles. The topological polar surface area (TPSA) is 66.4 Å². The van der Waals surface area contributed by atoms with Gasteiger partial charge in [-0.05, 0) is 26.2 Å². The number of carbonyl (C=O) groups excluding carboxylic acids is 2. The number of quaternary nitrogens is 1. The van der Waals surface area contributed by atoms with Crippen molar-refractivity contribution in [3.63, 3.8) is 0 Å². The predicted molar refractivity (Wildman–Crippen MR) is 80.3 cm³/mol. The number of esters is 1. The van der Waals surface area contributed by atoms with Gasteiger partial charge < -0.3 is 19.1 Å². The lowest BCUT2D eigenvalue weighted by atomic mass is 10.1. The summed E-state index contributed by atoms with van der Waals surface area (Å²) in [6, 6.07) is 0. The van der Waals surface area contributed by atoms with Gasteiger partial charge in [-0.15, -0.1) is 0 Å². The average Bonchev–Trinajstić information content (AvgIpc) is 2.30. The van der Waals surface area contributed by atoms with E-state index in [0.29, 0.717) is 17.4 Å². The number of hydrogen-bond donors (Lipinski definition) is 0. The van der Waals surface area contributed by atoms with Crippen molar-refractivity contribution in [2.45, 2.75) is 51.6 Å². The molecule has 0 aliphatic carbocycles. The van der Waals surface area contributed by atoms with Crippen molar-refractivity contribution in [3.8, 4) is 0 Å². The minimum absolute atomic E-state index is 0.247. The first-order valence-electron chi connectivity index (χ1n) is 7.55. The number of aliphatic carboxylic acids is 1. The molecule has 0 N–H and O–H groups in total. The van der Waals surface area contributed by atoms with E-state index in [0.717, 1.165) is 25.7 Å². The number of carboxylic acids is 1. The molecule has 0 spiro atoms. The standard InChI is InChI=1S/C16H29NO4/c1-5-6-7-8-9-10-11-16(20)21-14(12-15(18)19)13-17(2,3)4/h5-6,14H,7-13H2,1-4H3/b6-5+. The summed E-state index contributed by atoms with van der Waals surface area (Å²) >= 11 is 0. The molecule has 122 valence electrons. The van der Waals surface area contributed by atoms with E-state index in [1.807, 2.05) is 34.1 Å². The Bertz CT molecular complexity index is 345. The van der Waals surface area contributed by atoms with Crippen molar-refractivity contribution in [1.82, 2.24) is 0 Å². The van der Waals surface area contributed by atoms with Gasteiger partial charge in [-0.1, -0.05) is 18.6 Å². The molecule has 0 aliphatic rings. The number of carboxylic acid groups (broad SMARTS) is 1. The van der Waals surface area contributed by atoms with E-state index in [1.165, 1.54) is 0 Å². The lowest BCUT2D eigenvalue weighted by molar-refractivity contribution is -0.873. The summed E-state index contributed by atoms with van der Waals surface area (Å²) in [6.45, 7) is 2.45. The van der Waals surface area contributed by atoms with Gasteiger partial charge in [0.1, 0.15) is 6.54 Å². The van der Waals surface area contributed by atoms with Crippen molar-refractivity contribution < 1.29 is 23.9 Å². The van der Waals surface area contributed by atoms with Gasteiger partial charge in [-0.3, -0.25) is 4.79 Å². The van der Waals surface area contributed by atoms with E-state index in [1.54, 1.807) is 0 Å². The van der Waals surface area contributed by atoms with E-state index in [4.69, 9.17) is 4.74 Å². The van der Waals surface area contributed by atoms with Gasteiger partial charge in [-0.25, -0.2) is 0 Å². The summed E-state index contributed by atoms with van der Waals surface area (Å²) in [4.78, 5) is 22.5. The molecular formula is C16H29NO4. The Kier molecular flexibility index (Phi) is 9.71. The first-order valence-corrected chi connectivity index (χ1v) is 7.55. The van der Waals surface area contributed by atoms with Gasteiger partial charge in [0, 0.05) is 18.8 Å². The molecule has 0 aliphatic heterocycles. The van der Waals surface area contributed by atoms with Crippen LogP contribution in [-0.4, -0.2) is 50.2 Å². The third-order valence-corrected chi connectivity index (χ3v) is 2.93. The molecule has 0 aromatic carbocycles. The molecule has 21 heavy (non-hydrogen) atoms. The summed E-state index contributed by atoms with van der Waals surface area (Å²) in [6.07, 6.45) is 7.43. The van der Waals surface area contributed by atoms with Gasteiger partial charge in [0.25, 0.3) is 0 Å². The van der Waals surface area contributed by atoms with Crippen LogP contribution in [0.1, 0.15) is 45.4 Å². The smallest absolute Gasteiger partial charge is 0.306 e. The fourth-order valence-corrected chi connectivity index (χ4v) is 2.06. The third kappa shape index (κ3) is 13.4. The molecule has 1 unspecified atom stereocenters. The van der Waals surface area contributed by atoms with Crippen molar-refractivity contribution in [3.05, 3.63) is 12.2 Å². The normalized spacial score (nSPS) is 13.3. The summed E-state index contributed by atoms with van der Waals surface area (Å²) in [5.41, 5.74) is 0. The zero-order chi connectivity index (χ0) is 16.3. The van der Waals surface area contributed by atoms with Crippen molar-refractivity contribution in [1.29, 1.82) is 0 Å². The number of likely N-dealkylation sites (N-methyl/N-ethyl adjacent to an activating group) is 1. The Labute approximate surface area is 128 Å². The lowest BCUT2D eigenvalue weighted by Gasteiger charge is -2.29. The van der Waals surface area contributed by atoms with Crippen LogP contribution < -0.4 is 5.11 Å². The van der Waals surface area contributed by atoms with Crippen LogP contribution in [-0.2, 0) is 14.3 Å². The van der Waals surface area contributed by atoms with Gasteiger partial charge >= 0.3 is 5.97 Å². The van der Waals surface area contributed by atoms with E-state index in [9.17, 15) is 14.7 Å². The molecule has 0 bridgehead atoms. The van der Waals surface area contributed by atoms with Crippen molar-refractivity contribution in [2.24, 2.45) is 0 Å². The molecule has 0 radical (unpaired) electrons. The zero-order valence-corrected chi connectivity index (χ0v) is 13.8. The van der Waals surface area contributed by atoms with E-state index in [2.05, 4.69) is 6.08 Å². The number of carbonyl (C=O) groups is 2. The summed E-state index contributed by atoms with van der Waals surface area (Å²) in [5, 5.41) is 10.7. The van der Waals surface area contributed by atoms with E-state index in [-0.39, 0.29) is 12.4 Å². The van der Waals surface area contributed by atoms with E-state index >= 15 is 0 Å². The largest absolute Gasteiger partial charge is 0.550 e. The van der Waals surface area contributed by atoms with Crippen LogP contribution in [0.25, 0.3) is 0 Å². The van der Waals surface area contributed by atoms with Gasteiger partial charge in [-0.2, -0.15) is 0 Å². The number of allylic oxidation sites excluding steroid dienone is 2. The third-order valence-electron chi connectivity index (χ3n) is 2.93. The molecule has 1 atom stereocenters. The second-order valence-corrected chi connectivity index (χ2v) is 6.33. The maximum absolute atomic E-state index is 11.8. The maximum atomic E-state index is 11.8. The number of ether oxygens (including phenoxy) is 1. The summed E-state index contributed by atoms with van der Waals surface area (Å²) < 4.78 is 5.81. The van der Waals surface area contributed by atoms with Crippen LogP contribution in [0.2, 0.25) is 0 Å². The highest BCUT2D eigenvalue weighted by atomic mass is 16.5. The van der Waals surface area contributed by atoms with Crippen LogP contribution in [0.4, 0.5) is 0 Å². The van der Waals surface area contributed by atoms with Gasteiger partial charge in [0.2, 0.25) is 0 Å². The highest BCUT2D eigenvalue weighted by Gasteiger charge is 2.22. The highest BCUT2D eigenvalue weighted by Crippen LogP contribution is 2.09. The van der Waals surface area contributed by atoms with Crippen molar-refractivity contribution in [2.75, 3.05) is 27.7 Å². The highest BCUT2D eigenvalue weighted by molar-refractivity contribution is 5.70. The number of unbranched alkanes of at least 4 members (excludes halogenated alkanes) is 3. The molecule has 0 rings (SSSR count). The molecule has 0 aromatic heterocycles. The lowest BCUT2D eigenvalue weighted by Crippen LogP contribution is -2.45. The predicted octanol–water partition coefficient (Wildman–Crippen LogP) is 1.27. The zero-order valence-electron chi connectivity index (χ0n) is 13.8. The molecule has 0 saturated carbocycles. The summed E-state index contributed by atoms with van der Waals surface area (Å²) in [7, 11) is 5.78. The van der Waals surface area contributed by atoms with Crippen LogP contribution in [0.15, 0.2) is 12.2 Å². The molecule has 0 fully saturated rings. The Morgan fingerprint density at radius 3 is 2.38 bits per heavy atom. The maximum Gasteiger partial charge on any atom is 0.306 e. The Balaban J connectivity index is 4.06. The minimum Gasteiger partial charge on any atom is -0.550 e. The molecule has 0 aromatic rings. The monoisotopic (exact) mass is 299 g/mol. The Hall–Kier alpha value is -1.36. The Morgan fingerprint density at radius 2 is 1.86 bits per heavy atom. The van der Waals surface area contributed by atoms with Gasteiger partial charge in [0.05, 0.1) is 21.1 Å². The average molecular weight is 299 g/mol. The Morgan fingerprint density at radius 1 is 1.19 bits per heavy atom. The SMILES string of the molecule is C/C=C/CCCCCC(=O)OC(CC(=O)[O-])C[N+](C)(C)C. The minimum atomic E-state index is -1.19. The quantitative estimate of drug-likeness (QED) is 0.249. The molecule has 0 saturated heterocycles. The van der Waals surface area contributed by atoms with Crippen LogP contribution in [0, 0.1) is 0 Å². The molecular weight excluding hydrogens is 270 g/mol. The number of rotatable bonds is 11.